The van der Waals surface area contributed by atoms with E-state index in [1.165, 1.54) is 17.9 Å². The minimum Gasteiger partial charge on any atom is -0.370 e. The number of ether oxygens (including phenoxy) is 1. The number of rotatable bonds is 3. The van der Waals surface area contributed by atoms with Gasteiger partial charge in [0.2, 0.25) is 5.91 Å². The van der Waals surface area contributed by atoms with E-state index in [0.29, 0.717) is 25.3 Å². The monoisotopic (exact) mass is 461 g/mol. The van der Waals surface area contributed by atoms with Crippen LogP contribution in [-0.4, -0.2) is 49.2 Å². The van der Waals surface area contributed by atoms with Gasteiger partial charge in [-0.2, -0.15) is 0 Å². The summed E-state index contributed by atoms with van der Waals surface area (Å²) >= 11 is 3.40. The fourth-order valence-electron chi connectivity index (χ4n) is 3.53. The van der Waals surface area contributed by atoms with Crippen LogP contribution >= 0.6 is 15.9 Å². The highest BCUT2D eigenvalue weighted by Gasteiger charge is 2.27. The number of benzene rings is 1. The summed E-state index contributed by atoms with van der Waals surface area (Å²) in [6.45, 7) is 0.845. The molecular formula is C19H20BrN5O4. The first-order valence-electron chi connectivity index (χ1n) is 9.12. The van der Waals surface area contributed by atoms with E-state index in [1.807, 2.05) is 24.3 Å². The number of carbonyl (C=O) groups is 1. The molecule has 1 aliphatic rings. The lowest BCUT2D eigenvalue weighted by atomic mass is 10.1. The van der Waals surface area contributed by atoms with Crippen molar-refractivity contribution in [2.24, 2.45) is 14.1 Å². The highest BCUT2D eigenvalue weighted by Crippen LogP contribution is 2.24. The first-order chi connectivity index (χ1) is 13.9. The van der Waals surface area contributed by atoms with Crippen LogP contribution in [0.3, 0.4) is 0 Å². The van der Waals surface area contributed by atoms with Crippen molar-refractivity contribution in [3.05, 3.63) is 61.5 Å². The third kappa shape index (κ3) is 3.53. The predicted molar refractivity (Wildman–Crippen MR) is 110 cm³/mol. The lowest BCUT2D eigenvalue weighted by Crippen LogP contribution is -2.48. The Morgan fingerprint density at radius 1 is 1.24 bits per heavy atom. The van der Waals surface area contributed by atoms with Gasteiger partial charge in [-0.3, -0.25) is 14.2 Å². The van der Waals surface area contributed by atoms with Crippen molar-refractivity contribution in [3.8, 4) is 0 Å². The van der Waals surface area contributed by atoms with E-state index >= 15 is 0 Å². The number of carbonyl (C=O) groups excluding carboxylic acids is 1. The average molecular weight is 462 g/mol. The maximum absolute atomic E-state index is 12.9. The molecule has 1 atom stereocenters. The number of amides is 1. The van der Waals surface area contributed by atoms with Gasteiger partial charge in [-0.15, -0.1) is 0 Å². The Morgan fingerprint density at radius 2 is 1.97 bits per heavy atom. The third-order valence-electron chi connectivity index (χ3n) is 5.16. The quantitative estimate of drug-likeness (QED) is 0.575. The minimum absolute atomic E-state index is 0.250. The highest BCUT2D eigenvalue weighted by atomic mass is 79.9. The van der Waals surface area contributed by atoms with Gasteiger partial charge >= 0.3 is 5.69 Å². The summed E-state index contributed by atoms with van der Waals surface area (Å²) < 4.78 is 10.6. The summed E-state index contributed by atoms with van der Waals surface area (Å²) in [5.74, 6) is -0.295. The topological polar surface area (TPSA) is 91.4 Å². The molecule has 0 spiro atoms. The highest BCUT2D eigenvalue weighted by molar-refractivity contribution is 9.10. The van der Waals surface area contributed by atoms with Crippen molar-refractivity contribution in [3.63, 3.8) is 0 Å². The number of aryl methyl sites for hydroxylation is 2. The van der Waals surface area contributed by atoms with E-state index in [9.17, 15) is 14.4 Å². The zero-order valence-electron chi connectivity index (χ0n) is 16.0. The second-order valence-corrected chi connectivity index (χ2v) is 7.93. The smallest absolute Gasteiger partial charge is 0.332 e. The minimum atomic E-state index is -0.563. The molecule has 9 nitrogen and oxygen atoms in total. The number of nitrogens with zero attached hydrogens (tertiary/aromatic N) is 5. The molecule has 1 aromatic carbocycles. The molecule has 0 aliphatic carbocycles. The number of halogens is 1. The van der Waals surface area contributed by atoms with Crippen LogP contribution in [-0.2, 0) is 30.2 Å². The first kappa shape index (κ1) is 19.6. The Balaban J connectivity index is 1.59. The summed E-state index contributed by atoms with van der Waals surface area (Å²) in [7, 11) is 3.22. The molecule has 1 fully saturated rings. The molecule has 0 bridgehead atoms. The van der Waals surface area contributed by atoms with Crippen LogP contribution in [0, 0.1) is 0 Å². The molecule has 1 saturated heterocycles. The van der Waals surface area contributed by atoms with Gasteiger partial charge in [-0.1, -0.05) is 28.1 Å². The summed E-state index contributed by atoms with van der Waals surface area (Å²) in [4.78, 5) is 44.1. The first-order valence-corrected chi connectivity index (χ1v) is 9.92. The van der Waals surface area contributed by atoms with Gasteiger partial charge in [0.1, 0.15) is 12.6 Å². The Bertz CT molecular complexity index is 1190. The number of hydrogen-bond donors (Lipinski definition) is 0. The lowest BCUT2D eigenvalue weighted by Gasteiger charge is -2.33. The van der Waals surface area contributed by atoms with Gasteiger partial charge in [0.25, 0.3) is 5.56 Å². The fraction of sp³-hybridized carbons (Fsp3) is 0.368. The van der Waals surface area contributed by atoms with Gasteiger partial charge in [0.05, 0.1) is 19.5 Å². The number of fused-ring (bicyclic) bond motifs is 1. The molecule has 29 heavy (non-hydrogen) atoms. The molecule has 2 aromatic heterocycles. The maximum atomic E-state index is 12.9. The number of morpholine rings is 1. The molecule has 0 N–H and O–H groups in total. The van der Waals surface area contributed by atoms with Gasteiger partial charge in [-0.05, 0) is 17.7 Å². The lowest BCUT2D eigenvalue weighted by molar-refractivity contribution is -0.139. The predicted octanol–water partition coefficient (Wildman–Crippen LogP) is 0.796. The largest absolute Gasteiger partial charge is 0.370 e. The van der Waals surface area contributed by atoms with Crippen molar-refractivity contribution in [2.75, 3.05) is 19.7 Å². The second kappa shape index (κ2) is 7.60. The third-order valence-corrected chi connectivity index (χ3v) is 5.68. The van der Waals surface area contributed by atoms with Gasteiger partial charge in [-0.25, -0.2) is 14.3 Å². The molecule has 1 amide bonds. The summed E-state index contributed by atoms with van der Waals surface area (Å²) in [5, 5.41) is 0. The van der Waals surface area contributed by atoms with Crippen LogP contribution in [0.4, 0.5) is 0 Å². The van der Waals surface area contributed by atoms with E-state index in [0.717, 1.165) is 14.6 Å². The Labute approximate surface area is 174 Å². The van der Waals surface area contributed by atoms with Crippen LogP contribution in [0.5, 0.6) is 0 Å². The summed E-state index contributed by atoms with van der Waals surface area (Å²) in [6.07, 6.45) is 1.22. The van der Waals surface area contributed by atoms with Crippen molar-refractivity contribution < 1.29 is 9.53 Å². The van der Waals surface area contributed by atoms with Crippen LogP contribution in [0.25, 0.3) is 11.2 Å². The van der Waals surface area contributed by atoms with Crippen molar-refractivity contribution in [2.45, 2.75) is 12.6 Å². The van der Waals surface area contributed by atoms with Gasteiger partial charge < -0.3 is 14.2 Å². The number of hydrogen-bond acceptors (Lipinski definition) is 5. The molecule has 1 aliphatic heterocycles. The van der Waals surface area contributed by atoms with Gasteiger partial charge in [0.15, 0.2) is 11.2 Å². The standard InChI is InChI=1S/C19H20BrN5O4/c1-22-11-21-17-16(22)18(27)25(19(28)23(17)2)10-15(26)24-7-8-29-14(9-24)12-3-5-13(20)6-4-12/h3-6,11,14H,7-10H2,1-2H3. The van der Waals surface area contributed by atoms with Gasteiger partial charge in [0, 0.05) is 25.1 Å². The maximum Gasteiger partial charge on any atom is 0.332 e. The normalized spacial score (nSPS) is 17.1. The molecule has 0 saturated carbocycles. The molecule has 0 radical (unpaired) electrons. The molecule has 1 unspecified atom stereocenters. The molecule has 10 heteroatoms. The fourth-order valence-corrected chi connectivity index (χ4v) is 3.79. The van der Waals surface area contributed by atoms with E-state index in [-0.39, 0.29) is 24.1 Å². The average Bonchev–Trinajstić information content (AvgIpc) is 3.12. The molecule has 3 heterocycles. The zero-order valence-corrected chi connectivity index (χ0v) is 17.6. The van der Waals surface area contributed by atoms with Crippen LogP contribution in [0.1, 0.15) is 11.7 Å². The molecule has 3 aromatic rings. The Hall–Kier alpha value is -2.72. The zero-order chi connectivity index (χ0) is 20.7. The summed E-state index contributed by atoms with van der Waals surface area (Å²) in [6, 6.07) is 7.73. The van der Waals surface area contributed by atoms with Crippen molar-refractivity contribution in [1.29, 1.82) is 0 Å². The SMILES string of the molecule is Cn1cnc2c1c(=O)n(CC(=O)N1CCOC(c3ccc(Br)cc3)C1)c(=O)n2C. The van der Waals surface area contributed by atoms with Crippen LogP contribution < -0.4 is 11.2 Å². The molecular weight excluding hydrogens is 442 g/mol. The molecule has 4 rings (SSSR count). The van der Waals surface area contributed by atoms with E-state index in [4.69, 9.17) is 4.74 Å². The number of aromatic nitrogens is 4. The van der Waals surface area contributed by atoms with E-state index < -0.39 is 11.2 Å². The Morgan fingerprint density at radius 3 is 2.69 bits per heavy atom. The van der Waals surface area contributed by atoms with E-state index in [1.54, 1.807) is 16.5 Å². The van der Waals surface area contributed by atoms with Crippen LogP contribution in [0.15, 0.2) is 44.7 Å². The molecule has 152 valence electrons. The second-order valence-electron chi connectivity index (χ2n) is 7.01. The van der Waals surface area contributed by atoms with Crippen LogP contribution in [0.2, 0.25) is 0 Å². The summed E-state index contributed by atoms with van der Waals surface area (Å²) in [5.41, 5.74) is 0.471. The van der Waals surface area contributed by atoms with E-state index in [2.05, 4.69) is 20.9 Å². The number of imidazole rings is 1. The van der Waals surface area contributed by atoms with Crippen molar-refractivity contribution >= 4 is 33.0 Å². The van der Waals surface area contributed by atoms with Crippen molar-refractivity contribution in [1.82, 2.24) is 23.6 Å². The Kier molecular flexibility index (Phi) is 5.13.